The molecule has 0 amide bonds. The van der Waals surface area contributed by atoms with Crippen LogP contribution in [-0.4, -0.2) is 43.4 Å². The molecule has 0 unspecified atom stereocenters. The third-order valence-electron chi connectivity index (χ3n) is 2.75. The Kier molecular flexibility index (Phi) is 3.63. The predicted octanol–water partition coefficient (Wildman–Crippen LogP) is 0.399. The van der Waals surface area contributed by atoms with Crippen LogP contribution in [0.1, 0.15) is 30.5 Å². The van der Waals surface area contributed by atoms with Crippen molar-refractivity contribution in [2.75, 3.05) is 7.11 Å². The number of rotatable bonds is 6. The average molecular weight is 296 g/mol. The van der Waals surface area contributed by atoms with E-state index in [0.717, 1.165) is 12.8 Å². The Morgan fingerprint density at radius 1 is 1.55 bits per heavy atom. The molecule has 0 atom stereocenters. The van der Waals surface area contributed by atoms with E-state index >= 15 is 0 Å². The van der Waals surface area contributed by atoms with E-state index in [0.29, 0.717) is 28.5 Å². The number of ether oxygens (including phenoxy) is 1. The van der Waals surface area contributed by atoms with Crippen molar-refractivity contribution in [3.8, 4) is 0 Å². The summed E-state index contributed by atoms with van der Waals surface area (Å²) >= 11 is 1.34. The first-order valence-electron chi connectivity index (χ1n) is 6.04. The van der Waals surface area contributed by atoms with Crippen LogP contribution >= 0.6 is 11.8 Å². The molecule has 20 heavy (non-hydrogen) atoms. The van der Waals surface area contributed by atoms with Gasteiger partial charge in [0.1, 0.15) is 6.54 Å². The number of aromatic nitrogens is 6. The van der Waals surface area contributed by atoms with Crippen molar-refractivity contribution < 1.29 is 14.1 Å². The molecule has 0 radical (unpaired) electrons. The maximum absolute atomic E-state index is 11.2. The Hall–Kier alpha value is -1.97. The molecule has 1 saturated carbocycles. The van der Waals surface area contributed by atoms with Crippen LogP contribution in [0.3, 0.4) is 0 Å². The monoisotopic (exact) mass is 296 g/mol. The second kappa shape index (κ2) is 5.57. The van der Waals surface area contributed by atoms with Crippen molar-refractivity contribution in [2.45, 2.75) is 36.2 Å². The van der Waals surface area contributed by atoms with Gasteiger partial charge in [-0.15, -0.1) is 5.10 Å². The van der Waals surface area contributed by atoms with E-state index in [4.69, 9.17) is 4.52 Å². The van der Waals surface area contributed by atoms with E-state index in [2.05, 4.69) is 30.4 Å². The van der Waals surface area contributed by atoms with Gasteiger partial charge in [-0.1, -0.05) is 16.9 Å². The highest BCUT2D eigenvalue weighted by Gasteiger charge is 2.29. The van der Waals surface area contributed by atoms with Gasteiger partial charge in [0.2, 0.25) is 11.0 Å². The van der Waals surface area contributed by atoms with Gasteiger partial charge in [-0.2, -0.15) is 4.98 Å². The van der Waals surface area contributed by atoms with Crippen molar-refractivity contribution in [1.29, 1.82) is 0 Å². The number of hydrogen-bond donors (Lipinski definition) is 0. The summed E-state index contributed by atoms with van der Waals surface area (Å²) in [6.45, 7) is -0.0224. The molecule has 0 spiro atoms. The number of hydrogen-bond acceptors (Lipinski definition) is 9. The first-order chi connectivity index (χ1) is 9.76. The van der Waals surface area contributed by atoms with Crippen LogP contribution in [0.4, 0.5) is 0 Å². The number of nitrogens with zero attached hydrogens (tertiary/aromatic N) is 6. The predicted molar refractivity (Wildman–Crippen MR) is 65.7 cm³/mol. The molecular formula is C10H12N6O3S. The summed E-state index contributed by atoms with van der Waals surface area (Å²) in [7, 11) is 1.32. The van der Waals surface area contributed by atoms with E-state index in [9.17, 15) is 4.79 Å². The molecule has 2 heterocycles. The van der Waals surface area contributed by atoms with Crippen molar-refractivity contribution in [3.05, 3.63) is 11.7 Å². The normalized spacial score (nSPS) is 14.4. The minimum absolute atomic E-state index is 0.0224. The van der Waals surface area contributed by atoms with Gasteiger partial charge >= 0.3 is 5.97 Å². The molecule has 3 rings (SSSR count). The van der Waals surface area contributed by atoms with Gasteiger partial charge in [0, 0.05) is 5.92 Å². The van der Waals surface area contributed by atoms with Crippen LogP contribution in [0.2, 0.25) is 0 Å². The minimum Gasteiger partial charge on any atom is -0.468 e. The van der Waals surface area contributed by atoms with Crippen molar-refractivity contribution in [1.82, 2.24) is 30.3 Å². The summed E-state index contributed by atoms with van der Waals surface area (Å²) in [5, 5.41) is 15.5. The van der Waals surface area contributed by atoms with Crippen LogP contribution in [0.25, 0.3) is 0 Å². The number of carbonyl (C=O) groups is 1. The minimum atomic E-state index is -0.408. The van der Waals surface area contributed by atoms with Crippen molar-refractivity contribution in [2.24, 2.45) is 0 Å². The molecule has 10 heteroatoms. The zero-order chi connectivity index (χ0) is 13.9. The largest absolute Gasteiger partial charge is 0.468 e. The maximum atomic E-state index is 11.2. The Bertz CT molecular complexity index is 608. The molecule has 106 valence electrons. The molecule has 1 aliphatic rings. The van der Waals surface area contributed by atoms with E-state index < -0.39 is 5.97 Å². The van der Waals surface area contributed by atoms with E-state index in [-0.39, 0.29) is 6.54 Å². The summed E-state index contributed by atoms with van der Waals surface area (Å²) in [5.74, 6) is 1.82. The summed E-state index contributed by atoms with van der Waals surface area (Å²) in [6.07, 6.45) is 2.23. The van der Waals surface area contributed by atoms with Gasteiger partial charge in [-0.25, -0.2) is 4.68 Å². The molecular weight excluding hydrogens is 284 g/mol. The van der Waals surface area contributed by atoms with E-state index in [1.807, 2.05) is 0 Å². The molecule has 0 aromatic carbocycles. The first kappa shape index (κ1) is 13.0. The third kappa shape index (κ3) is 2.95. The lowest BCUT2D eigenvalue weighted by atomic mass is 10.4. The topological polar surface area (TPSA) is 109 Å². The van der Waals surface area contributed by atoms with Crippen LogP contribution in [0.15, 0.2) is 9.68 Å². The first-order valence-corrected chi connectivity index (χ1v) is 7.03. The number of methoxy groups -OCH3 is 1. The zero-order valence-electron chi connectivity index (χ0n) is 10.7. The van der Waals surface area contributed by atoms with Gasteiger partial charge in [-0.3, -0.25) is 4.79 Å². The summed E-state index contributed by atoms with van der Waals surface area (Å²) in [6, 6.07) is 0. The summed E-state index contributed by atoms with van der Waals surface area (Å²) in [5.41, 5.74) is 0. The molecule has 1 aliphatic carbocycles. The maximum Gasteiger partial charge on any atom is 0.327 e. The fourth-order valence-electron chi connectivity index (χ4n) is 1.54. The van der Waals surface area contributed by atoms with Crippen LogP contribution in [-0.2, 0) is 21.8 Å². The Labute approximate surface area is 118 Å². The van der Waals surface area contributed by atoms with Gasteiger partial charge in [0.25, 0.3) is 0 Å². The lowest BCUT2D eigenvalue weighted by Crippen LogP contribution is -2.13. The lowest BCUT2D eigenvalue weighted by molar-refractivity contribution is -0.141. The van der Waals surface area contributed by atoms with Crippen LogP contribution in [0, 0.1) is 0 Å². The number of tetrazole rings is 1. The van der Waals surface area contributed by atoms with Crippen LogP contribution in [0.5, 0.6) is 0 Å². The average Bonchev–Trinajstić information content (AvgIpc) is 3.04. The molecule has 2 aromatic heterocycles. The molecule has 2 aromatic rings. The standard InChI is InChI=1S/C10H12N6O3S/c1-18-8(17)4-16-10(12-14-15-16)20-5-7-11-9(19-13-7)6-2-3-6/h6H,2-5H2,1H3. The Balaban J connectivity index is 1.59. The quantitative estimate of drug-likeness (QED) is 0.552. The Morgan fingerprint density at radius 2 is 2.40 bits per heavy atom. The van der Waals surface area contributed by atoms with Gasteiger partial charge in [0.15, 0.2) is 5.82 Å². The van der Waals surface area contributed by atoms with E-state index in [1.54, 1.807) is 0 Å². The highest BCUT2D eigenvalue weighted by atomic mass is 32.2. The van der Waals surface area contributed by atoms with Gasteiger partial charge in [-0.05, 0) is 23.3 Å². The third-order valence-corrected chi connectivity index (χ3v) is 3.70. The smallest absolute Gasteiger partial charge is 0.327 e. The Morgan fingerprint density at radius 3 is 3.15 bits per heavy atom. The fourth-order valence-corrected chi connectivity index (χ4v) is 2.26. The molecule has 0 saturated heterocycles. The number of esters is 1. The molecule has 9 nitrogen and oxygen atoms in total. The van der Waals surface area contributed by atoms with E-state index in [1.165, 1.54) is 23.6 Å². The summed E-state index contributed by atoms with van der Waals surface area (Å²) < 4.78 is 11.1. The summed E-state index contributed by atoms with van der Waals surface area (Å²) in [4.78, 5) is 15.5. The number of carbonyl (C=O) groups excluding carboxylic acids is 1. The highest BCUT2D eigenvalue weighted by molar-refractivity contribution is 7.98. The molecule has 0 aliphatic heterocycles. The lowest BCUT2D eigenvalue weighted by Gasteiger charge is -2.01. The fraction of sp³-hybridized carbons (Fsp3) is 0.600. The number of thioether (sulfide) groups is 1. The van der Waals surface area contributed by atoms with Gasteiger partial charge < -0.3 is 9.26 Å². The molecule has 0 N–H and O–H groups in total. The van der Waals surface area contributed by atoms with Gasteiger partial charge in [0.05, 0.1) is 12.9 Å². The van der Waals surface area contributed by atoms with Crippen molar-refractivity contribution >= 4 is 17.7 Å². The van der Waals surface area contributed by atoms with Crippen molar-refractivity contribution in [3.63, 3.8) is 0 Å². The molecule has 1 fully saturated rings. The SMILES string of the molecule is COC(=O)Cn1nnnc1SCc1noc(C2CC2)n1. The zero-order valence-corrected chi connectivity index (χ0v) is 11.5. The second-order valence-electron chi connectivity index (χ2n) is 4.31. The van der Waals surface area contributed by atoms with Crippen LogP contribution < -0.4 is 0 Å². The second-order valence-corrected chi connectivity index (χ2v) is 5.25. The molecule has 0 bridgehead atoms. The highest BCUT2D eigenvalue weighted by Crippen LogP contribution is 2.39.